The number of piperidine rings is 1. The lowest BCUT2D eigenvalue weighted by Crippen LogP contribution is -2.42. The lowest BCUT2D eigenvalue weighted by atomic mass is 9.92. The summed E-state index contributed by atoms with van der Waals surface area (Å²) in [6, 6.07) is 8.81. The van der Waals surface area contributed by atoms with Crippen LogP contribution in [0.4, 0.5) is 0 Å². The lowest BCUT2D eigenvalue weighted by Gasteiger charge is -2.27. The first-order valence-electron chi connectivity index (χ1n) is 8.30. The molecular formula is C18H26ClN3O. The van der Waals surface area contributed by atoms with Crippen LogP contribution in [0.1, 0.15) is 31.7 Å². The average Bonchev–Trinajstić information content (AvgIpc) is 2.95. The van der Waals surface area contributed by atoms with Gasteiger partial charge in [-0.25, -0.2) is 0 Å². The van der Waals surface area contributed by atoms with Gasteiger partial charge in [0.2, 0.25) is 5.91 Å². The minimum absolute atomic E-state index is 0. The van der Waals surface area contributed by atoms with Gasteiger partial charge in [-0.2, -0.15) is 0 Å². The number of aromatic nitrogens is 1. The summed E-state index contributed by atoms with van der Waals surface area (Å²) in [4.78, 5) is 15.5. The molecule has 126 valence electrons. The topological polar surface area (TPSA) is 56.9 Å². The fourth-order valence-electron chi connectivity index (χ4n) is 3.34. The molecule has 1 saturated heterocycles. The zero-order valence-electron chi connectivity index (χ0n) is 13.6. The third kappa shape index (κ3) is 4.49. The molecule has 0 unspecified atom stereocenters. The summed E-state index contributed by atoms with van der Waals surface area (Å²) in [5.74, 6) is 0.414. The number of benzene rings is 1. The molecule has 0 saturated carbocycles. The Kier molecular flexibility index (Phi) is 6.48. The standard InChI is InChI=1S/C18H25N3O.ClH/c1-13-11-14(8-10-19-13)18(22)20-9-4-5-15-12-21-17-7-3-2-6-16(15)17;/h2-3,6-7,12-14,19,21H,4-5,8-11H2,1H3,(H,20,22);1H/t13-,14-;/m0./s1. The molecule has 0 aliphatic carbocycles. The number of halogens is 1. The van der Waals surface area contributed by atoms with Crippen LogP contribution in [0.15, 0.2) is 30.5 Å². The largest absolute Gasteiger partial charge is 0.361 e. The smallest absolute Gasteiger partial charge is 0.223 e. The van der Waals surface area contributed by atoms with E-state index in [0.717, 1.165) is 38.8 Å². The van der Waals surface area contributed by atoms with Crippen LogP contribution >= 0.6 is 12.4 Å². The molecule has 1 fully saturated rings. The summed E-state index contributed by atoms with van der Waals surface area (Å²) in [5.41, 5.74) is 2.52. The molecule has 4 nitrogen and oxygen atoms in total. The molecule has 0 radical (unpaired) electrons. The highest BCUT2D eigenvalue weighted by atomic mass is 35.5. The zero-order valence-corrected chi connectivity index (χ0v) is 14.4. The summed E-state index contributed by atoms with van der Waals surface area (Å²) >= 11 is 0. The molecule has 2 heterocycles. The SMILES string of the molecule is C[C@H]1C[C@@H](C(=O)NCCCc2c[nH]c3ccccc23)CCN1.Cl. The van der Waals surface area contributed by atoms with Gasteiger partial charge in [0.15, 0.2) is 0 Å². The number of carbonyl (C=O) groups is 1. The Morgan fingerprint density at radius 1 is 1.35 bits per heavy atom. The molecule has 23 heavy (non-hydrogen) atoms. The number of amides is 1. The van der Waals surface area contributed by atoms with E-state index in [1.54, 1.807) is 0 Å². The van der Waals surface area contributed by atoms with E-state index in [1.165, 1.54) is 16.5 Å². The third-order valence-corrected chi connectivity index (χ3v) is 4.59. The maximum absolute atomic E-state index is 12.2. The van der Waals surface area contributed by atoms with Crippen LogP contribution < -0.4 is 10.6 Å². The molecule has 0 bridgehead atoms. The van der Waals surface area contributed by atoms with E-state index in [-0.39, 0.29) is 24.2 Å². The Labute approximate surface area is 143 Å². The number of aryl methyl sites for hydroxylation is 1. The number of nitrogens with one attached hydrogen (secondary N) is 3. The second-order valence-corrected chi connectivity index (χ2v) is 6.33. The third-order valence-electron chi connectivity index (χ3n) is 4.59. The van der Waals surface area contributed by atoms with Crippen LogP contribution in [0.5, 0.6) is 0 Å². The lowest BCUT2D eigenvalue weighted by molar-refractivity contribution is -0.126. The maximum atomic E-state index is 12.2. The first kappa shape index (κ1) is 17.8. The van der Waals surface area contributed by atoms with Crippen molar-refractivity contribution < 1.29 is 4.79 Å². The molecule has 3 rings (SSSR count). The first-order chi connectivity index (χ1) is 10.7. The van der Waals surface area contributed by atoms with Gasteiger partial charge in [0, 0.05) is 35.6 Å². The van der Waals surface area contributed by atoms with Crippen LogP contribution in [-0.2, 0) is 11.2 Å². The van der Waals surface area contributed by atoms with Crippen molar-refractivity contribution in [3.8, 4) is 0 Å². The van der Waals surface area contributed by atoms with Gasteiger partial charge in [0.05, 0.1) is 0 Å². The minimum atomic E-state index is 0. The average molecular weight is 336 g/mol. The van der Waals surface area contributed by atoms with Gasteiger partial charge in [-0.05, 0) is 50.8 Å². The number of aromatic amines is 1. The fraction of sp³-hybridized carbons (Fsp3) is 0.500. The van der Waals surface area contributed by atoms with E-state index in [1.807, 2.05) is 6.07 Å². The summed E-state index contributed by atoms with van der Waals surface area (Å²) < 4.78 is 0. The van der Waals surface area contributed by atoms with Crippen molar-refractivity contribution in [3.63, 3.8) is 0 Å². The Bertz CT molecular complexity index is 640. The van der Waals surface area contributed by atoms with E-state index in [2.05, 4.69) is 46.9 Å². The Morgan fingerprint density at radius 2 is 2.17 bits per heavy atom. The molecule has 1 aromatic heterocycles. The van der Waals surface area contributed by atoms with Crippen molar-refractivity contribution in [2.24, 2.45) is 5.92 Å². The van der Waals surface area contributed by atoms with E-state index in [4.69, 9.17) is 0 Å². The van der Waals surface area contributed by atoms with Crippen LogP contribution in [0.25, 0.3) is 10.9 Å². The molecular weight excluding hydrogens is 310 g/mol. The summed E-state index contributed by atoms with van der Waals surface area (Å²) in [5, 5.41) is 7.79. The number of carbonyl (C=O) groups excluding carboxylic acids is 1. The molecule has 1 amide bonds. The molecule has 5 heteroatoms. The van der Waals surface area contributed by atoms with Gasteiger partial charge in [-0.1, -0.05) is 18.2 Å². The van der Waals surface area contributed by atoms with Crippen molar-refractivity contribution in [3.05, 3.63) is 36.0 Å². The summed E-state index contributed by atoms with van der Waals surface area (Å²) in [6.45, 7) is 3.86. The van der Waals surface area contributed by atoms with Gasteiger partial charge < -0.3 is 15.6 Å². The molecule has 1 aliphatic rings. The quantitative estimate of drug-likeness (QED) is 0.736. The summed E-state index contributed by atoms with van der Waals surface area (Å²) in [7, 11) is 0. The fourth-order valence-corrected chi connectivity index (χ4v) is 3.34. The molecule has 2 atom stereocenters. The highest BCUT2D eigenvalue weighted by Gasteiger charge is 2.24. The molecule has 0 spiro atoms. The number of rotatable bonds is 5. The maximum Gasteiger partial charge on any atom is 0.223 e. The monoisotopic (exact) mass is 335 g/mol. The predicted molar refractivity (Wildman–Crippen MR) is 97.1 cm³/mol. The molecule has 1 aliphatic heterocycles. The van der Waals surface area contributed by atoms with Gasteiger partial charge in [-0.15, -0.1) is 12.4 Å². The van der Waals surface area contributed by atoms with Crippen molar-refractivity contribution in [2.45, 2.75) is 38.6 Å². The molecule has 3 N–H and O–H groups in total. The van der Waals surface area contributed by atoms with Gasteiger partial charge in [-0.3, -0.25) is 4.79 Å². The van der Waals surface area contributed by atoms with Crippen molar-refractivity contribution in [1.82, 2.24) is 15.6 Å². The van der Waals surface area contributed by atoms with Crippen molar-refractivity contribution in [1.29, 1.82) is 0 Å². The van der Waals surface area contributed by atoms with Gasteiger partial charge in [0.1, 0.15) is 0 Å². The van der Waals surface area contributed by atoms with Gasteiger partial charge >= 0.3 is 0 Å². The number of hydrogen-bond donors (Lipinski definition) is 3. The second kappa shape index (κ2) is 8.37. The Hall–Kier alpha value is -1.52. The Morgan fingerprint density at radius 3 is 3.00 bits per heavy atom. The number of H-pyrrole nitrogens is 1. The van der Waals surface area contributed by atoms with Crippen LogP contribution in [0, 0.1) is 5.92 Å². The minimum Gasteiger partial charge on any atom is -0.361 e. The van der Waals surface area contributed by atoms with Gasteiger partial charge in [0.25, 0.3) is 0 Å². The summed E-state index contributed by atoms with van der Waals surface area (Å²) in [6.07, 6.45) is 5.97. The number of fused-ring (bicyclic) bond motifs is 1. The highest BCUT2D eigenvalue weighted by molar-refractivity contribution is 5.85. The molecule has 1 aromatic carbocycles. The number of hydrogen-bond acceptors (Lipinski definition) is 2. The van der Waals surface area contributed by atoms with E-state index < -0.39 is 0 Å². The van der Waals surface area contributed by atoms with E-state index >= 15 is 0 Å². The van der Waals surface area contributed by atoms with E-state index in [9.17, 15) is 4.79 Å². The first-order valence-corrected chi connectivity index (χ1v) is 8.30. The van der Waals surface area contributed by atoms with E-state index in [0.29, 0.717) is 6.04 Å². The molecule has 2 aromatic rings. The second-order valence-electron chi connectivity index (χ2n) is 6.33. The van der Waals surface area contributed by atoms with Crippen LogP contribution in [0.2, 0.25) is 0 Å². The normalized spacial score (nSPS) is 20.9. The van der Waals surface area contributed by atoms with Crippen LogP contribution in [0.3, 0.4) is 0 Å². The van der Waals surface area contributed by atoms with Crippen LogP contribution in [-0.4, -0.2) is 30.0 Å². The highest BCUT2D eigenvalue weighted by Crippen LogP contribution is 2.19. The Balaban J connectivity index is 0.00000192. The number of para-hydroxylation sites is 1. The predicted octanol–water partition coefficient (Wildman–Crippen LogP) is 3.03. The van der Waals surface area contributed by atoms with Crippen molar-refractivity contribution in [2.75, 3.05) is 13.1 Å². The van der Waals surface area contributed by atoms with Crippen molar-refractivity contribution >= 4 is 29.2 Å². The zero-order chi connectivity index (χ0) is 15.4.